The number of amides is 1. The maximum Gasteiger partial charge on any atom is 0.408 e. The van der Waals surface area contributed by atoms with E-state index in [4.69, 9.17) is 9.47 Å². The summed E-state index contributed by atoms with van der Waals surface area (Å²) in [5.74, 6) is -0.533. The van der Waals surface area contributed by atoms with Gasteiger partial charge in [-0.25, -0.2) is 9.59 Å². The molecule has 7 nitrogen and oxygen atoms in total. The fourth-order valence-electron chi connectivity index (χ4n) is 2.28. The fourth-order valence-corrected chi connectivity index (χ4v) is 2.28. The van der Waals surface area contributed by atoms with E-state index in [9.17, 15) is 9.59 Å². The molecule has 1 N–H and O–H groups in total. The molecular formula is C19H23N3O4. The van der Waals surface area contributed by atoms with E-state index in [1.54, 1.807) is 39.4 Å². The molecule has 26 heavy (non-hydrogen) atoms. The molecule has 0 spiro atoms. The van der Waals surface area contributed by atoms with Crippen LogP contribution in [0.4, 0.5) is 4.79 Å². The Morgan fingerprint density at radius 3 is 2.38 bits per heavy atom. The van der Waals surface area contributed by atoms with E-state index < -0.39 is 23.7 Å². The third-order valence-electron chi connectivity index (χ3n) is 3.43. The van der Waals surface area contributed by atoms with Crippen LogP contribution in [0, 0.1) is 0 Å². The second-order valence-electron chi connectivity index (χ2n) is 6.71. The van der Waals surface area contributed by atoms with Gasteiger partial charge in [0.05, 0.1) is 19.0 Å². The Bertz CT molecular complexity index is 740. The van der Waals surface area contributed by atoms with Crippen molar-refractivity contribution in [1.29, 1.82) is 0 Å². The molecule has 1 atom stereocenters. The molecule has 0 fully saturated rings. The number of esters is 1. The Balaban J connectivity index is 2.08. The minimum absolute atomic E-state index is 0.284. The number of hydrogen-bond donors (Lipinski definition) is 1. The van der Waals surface area contributed by atoms with Crippen molar-refractivity contribution in [3.8, 4) is 11.3 Å². The zero-order chi connectivity index (χ0) is 19.2. The number of alkyl carbamates (subject to hydrolysis) is 1. The molecule has 1 aromatic carbocycles. The summed E-state index contributed by atoms with van der Waals surface area (Å²) in [5, 5.41) is 2.56. The molecule has 0 saturated carbocycles. The molecule has 0 saturated heterocycles. The van der Waals surface area contributed by atoms with E-state index in [-0.39, 0.29) is 6.42 Å². The summed E-state index contributed by atoms with van der Waals surface area (Å²) >= 11 is 0. The van der Waals surface area contributed by atoms with Gasteiger partial charge in [-0.15, -0.1) is 0 Å². The highest BCUT2D eigenvalue weighted by molar-refractivity contribution is 5.81. The van der Waals surface area contributed by atoms with Gasteiger partial charge < -0.3 is 14.8 Å². The van der Waals surface area contributed by atoms with E-state index in [1.807, 2.05) is 24.3 Å². The lowest BCUT2D eigenvalue weighted by Crippen LogP contribution is -2.45. The largest absolute Gasteiger partial charge is 0.467 e. The van der Waals surface area contributed by atoms with Gasteiger partial charge in [0.2, 0.25) is 0 Å². The molecule has 0 aliphatic rings. The maximum absolute atomic E-state index is 12.0. The molecular weight excluding hydrogens is 334 g/mol. The Morgan fingerprint density at radius 2 is 1.85 bits per heavy atom. The molecule has 138 valence electrons. The lowest BCUT2D eigenvalue weighted by molar-refractivity contribution is -0.143. The highest BCUT2D eigenvalue weighted by atomic mass is 16.6. The topological polar surface area (TPSA) is 90.4 Å². The van der Waals surface area contributed by atoms with Gasteiger partial charge in [-0.3, -0.25) is 9.97 Å². The van der Waals surface area contributed by atoms with Crippen molar-refractivity contribution in [2.75, 3.05) is 7.11 Å². The van der Waals surface area contributed by atoms with Crippen LogP contribution in [0.5, 0.6) is 0 Å². The lowest BCUT2D eigenvalue weighted by Gasteiger charge is -2.22. The summed E-state index contributed by atoms with van der Waals surface area (Å²) in [6.45, 7) is 5.26. The Labute approximate surface area is 152 Å². The average molecular weight is 357 g/mol. The molecule has 2 aromatic rings. The Morgan fingerprint density at radius 1 is 1.15 bits per heavy atom. The maximum atomic E-state index is 12.0. The Kier molecular flexibility index (Phi) is 6.27. The first-order chi connectivity index (χ1) is 12.3. The summed E-state index contributed by atoms with van der Waals surface area (Å²) < 4.78 is 9.99. The van der Waals surface area contributed by atoms with Crippen LogP contribution in [0.2, 0.25) is 0 Å². The molecule has 0 aliphatic heterocycles. The van der Waals surface area contributed by atoms with Crippen molar-refractivity contribution >= 4 is 12.1 Å². The predicted molar refractivity (Wildman–Crippen MR) is 96.3 cm³/mol. The standard InChI is InChI=1S/C19H23N3O4/c1-19(2,3)26-18(24)22-15(17(23)25-4)11-13-5-7-14(8-6-13)16-12-20-9-10-21-16/h5-10,12,15H,11H2,1-4H3,(H,22,24). The highest BCUT2D eigenvalue weighted by Gasteiger charge is 2.25. The van der Waals surface area contributed by atoms with Crippen LogP contribution in [-0.4, -0.2) is 40.8 Å². The van der Waals surface area contributed by atoms with Gasteiger partial charge in [-0.1, -0.05) is 24.3 Å². The molecule has 0 bridgehead atoms. The van der Waals surface area contributed by atoms with Crippen molar-refractivity contribution in [1.82, 2.24) is 15.3 Å². The lowest BCUT2D eigenvalue weighted by atomic mass is 10.0. The van der Waals surface area contributed by atoms with Crippen LogP contribution in [0.3, 0.4) is 0 Å². The summed E-state index contributed by atoms with van der Waals surface area (Å²) in [6, 6.07) is 6.69. The van der Waals surface area contributed by atoms with Crippen molar-refractivity contribution in [3.05, 3.63) is 48.4 Å². The van der Waals surface area contributed by atoms with Gasteiger partial charge in [0.15, 0.2) is 0 Å². The number of aromatic nitrogens is 2. The second kappa shape index (κ2) is 8.42. The first-order valence-corrected chi connectivity index (χ1v) is 8.21. The smallest absolute Gasteiger partial charge is 0.408 e. The first kappa shape index (κ1) is 19.4. The highest BCUT2D eigenvalue weighted by Crippen LogP contribution is 2.17. The number of rotatable bonds is 5. The van der Waals surface area contributed by atoms with E-state index in [1.165, 1.54) is 7.11 Å². The molecule has 7 heteroatoms. The van der Waals surface area contributed by atoms with Crippen LogP contribution in [0.1, 0.15) is 26.3 Å². The SMILES string of the molecule is COC(=O)C(Cc1ccc(-c2cnccn2)cc1)NC(=O)OC(C)(C)C. The van der Waals surface area contributed by atoms with E-state index >= 15 is 0 Å². The summed E-state index contributed by atoms with van der Waals surface area (Å²) in [5.41, 5.74) is 1.89. The average Bonchev–Trinajstić information content (AvgIpc) is 2.60. The quantitative estimate of drug-likeness (QED) is 0.828. The van der Waals surface area contributed by atoms with E-state index in [2.05, 4.69) is 15.3 Å². The number of nitrogens with one attached hydrogen (secondary N) is 1. The number of benzene rings is 1. The third kappa shape index (κ3) is 5.84. The van der Waals surface area contributed by atoms with Gasteiger partial charge in [0.1, 0.15) is 11.6 Å². The van der Waals surface area contributed by atoms with Gasteiger partial charge in [0, 0.05) is 24.4 Å². The number of nitrogens with zero attached hydrogens (tertiary/aromatic N) is 2. The molecule has 1 unspecified atom stereocenters. The van der Waals surface area contributed by atoms with Crippen LogP contribution in [0.15, 0.2) is 42.9 Å². The number of hydrogen-bond acceptors (Lipinski definition) is 6. The zero-order valence-corrected chi connectivity index (χ0v) is 15.4. The summed E-state index contributed by atoms with van der Waals surface area (Å²) in [4.78, 5) is 32.2. The molecule has 2 rings (SSSR count). The van der Waals surface area contributed by atoms with Gasteiger partial charge in [-0.05, 0) is 26.3 Å². The number of carbonyl (C=O) groups is 2. The minimum Gasteiger partial charge on any atom is -0.467 e. The second-order valence-corrected chi connectivity index (χ2v) is 6.71. The normalized spacial score (nSPS) is 12.2. The van der Waals surface area contributed by atoms with E-state index in [0.717, 1.165) is 16.8 Å². The summed E-state index contributed by atoms with van der Waals surface area (Å²) in [6.07, 6.45) is 4.54. The third-order valence-corrected chi connectivity index (χ3v) is 3.43. The van der Waals surface area contributed by atoms with Crippen LogP contribution >= 0.6 is 0 Å². The van der Waals surface area contributed by atoms with Crippen molar-refractivity contribution in [2.45, 2.75) is 38.8 Å². The van der Waals surface area contributed by atoms with Crippen LogP contribution < -0.4 is 5.32 Å². The molecule has 0 radical (unpaired) electrons. The molecule has 0 aliphatic carbocycles. The predicted octanol–water partition coefficient (Wildman–Crippen LogP) is 2.75. The van der Waals surface area contributed by atoms with Crippen LogP contribution in [0.25, 0.3) is 11.3 Å². The molecule has 1 aromatic heterocycles. The van der Waals surface area contributed by atoms with Crippen molar-refractivity contribution in [2.24, 2.45) is 0 Å². The fraction of sp³-hybridized carbons (Fsp3) is 0.368. The molecule has 1 heterocycles. The van der Waals surface area contributed by atoms with Gasteiger partial charge in [-0.2, -0.15) is 0 Å². The monoisotopic (exact) mass is 357 g/mol. The first-order valence-electron chi connectivity index (χ1n) is 8.21. The zero-order valence-electron chi connectivity index (χ0n) is 15.4. The van der Waals surface area contributed by atoms with Crippen molar-refractivity contribution < 1.29 is 19.1 Å². The molecule has 1 amide bonds. The minimum atomic E-state index is -0.836. The van der Waals surface area contributed by atoms with Gasteiger partial charge in [0.25, 0.3) is 0 Å². The summed E-state index contributed by atoms with van der Waals surface area (Å²) in [7, 11) is 1.28. The van der Waals surface area contributed by atoms with E-state index in [0.29, 0.717) is 0 Å². The van der Waals surface area contributed by atoms with Gasteiger partial charge >= 0.3 is 12.1 Å². The van der Waals surface area contributed by atoms with Crippen LogP contribution in [-0.2, 0) is 20.7 Å². The number of ether oxygens (including phenoxy) is 2. The number of carbonyl (C=O) groups excluding carboxylic acids is 2. The van der Waals surface area contributed by atoms with Crippen molar-refractivity contribution in [3.63, 3.8) is 0 Å². The Hall–Kier alpha value is -2.96. The number of methoxy groups -OCH3 is 1.